The lowest BCUT2D eigenvalue weighted by Crippen LogP contribution is -2.36. The van der Waals surface area contributed by atoms with Crippen molar-refractivity contribution < 1.29 is 14.7 Å². The smallest absolute Gasteiger partial charge is 0.321 e. The molecule has 6 nitrogen and oxygen atoms in total. The van der Waals surface area contributed by atoms with E-state index in [-0.39, 0.29) is 6.54 Å². The maximum absolute atomic E-state index is 11.9. The number of halogens is 1. The summed E-state index contributed by atoms with van der Waals surface area (Å²) in [6, 6.07) is 6.42. The molecule has 0 fully saturated rings. The molecule has 0 bridgehead atoms. The first-order valence-corrected chi connectivity index (χ1v) is 6.59. The van der Waals surface area contributed by atoms with Gasteiger partial charge >= 0.3 is 12.0 Å². The van der Waals surface area contributed by atoms with Crippen LogP contribution in [0.15, 0.2) is 22.7 Å². The Balaban J connectivity index is 2.76. The number of rotatable bonds is 4. The summed E-state index contributed by atoms with van der Waals surface area (Å²) in [4.78, 5) is 23.9. The fourth-order valence-electron chi connectivity index (χ4n) is 1.50. The minimum absolute atomic E-state index is 0.0829. The number of carbonyl (C=O) groups excluding carboxylic acids is 1. The molecule has 1 aromatic rings. The first kappa shape index (κ1) is 16.0. The molecule has 20 heavy (non-hydrogen) atoms. The van der Waals surface area contributed by atoms with E-state index in [2.05, 4.69) is 21.2 Å². The number of carboxylic acid groups (broad SMARTS) is 1. The van der Waals surface area contributed by atoms with Crippen molar-refractivity contribution in [2.24, 2.45) is 5.92 Å². The molecular weight excluding hydrogens is 326 g/mol. The Morgan fingerprint density at radius 1 is 1.55 bits per heavy atom. The average molecular weight is 340 g/mol. The van der Waals surface area contributed by atoms with E-state index in [9.17, 15) is 9.59 Å². The maximum atomic E-state index is 11.9. The Morgan fingerprint density at radius 3 is 2.75 bits per heavy atom. The van der Waals surface area contributed by atoms with Crippen LogP contribution in [0.5, 0.6) is 0 Å². The number of nitrogens with one attached hydrogen (secondary N) is 1. The van der Waals surface area contributed by atoms with Crippen molar-refractivity contribution in [3.05, 3.63) is 28.2 Å². The highest BCUT2D eigenvalue weighted by Gasteiger charge is 2.18. The Morgan fingerprint density at radius 2 is 2.20 bits per heavy atom. The number of amides is 2. The van der Waals surface area contributed by atoms with E-state index in [4.69, 9.17) is 10.4 Å². The number of benzene rings is 1. The summed E-state index contributed by atoms with van der Waals surface area (Å²) < 4.78 is 0.736. The van der Waals surface area contributed by atoms with Gasteiger partial charge in [-0.05, 0) is 18.2 Å². The van der Waals surface area contributed by atoms with E-state index < -0.39 is 17.9 Å². The van der Waals surface area contributed by atoms with Crippen LogP contribution in [-0.2, 0) is 4.79 Å². The molecule has 1 aromatic carbocycles. The van der Waals surface area contributed by atoms with Crippen LogP contribution < -0.4 is 5.32 Å². The van der Waals surface area contributed by atoms with Crippen LogP contribution in [-0.4, -0.2) is 35.6 Å². The van der Waals surface area contributed by atoms with E-state index in [0.717, 1.165) is 4.47 Å². The quantitative estimate of drug-likeness (QED) is 0.881. The van der Waals surface area contributed by atoms with Crippen LogP contribution in [0.25, 0.3) is 0 Å². The van der Waals surface area contributed by atoms with E-state index >= 15 is 0 Å². The summed E-state index contributed by atoms with van der Waals surface area (Å²) in [5.74, 6) is -1.63. The van der Waals surface area contributed by atoms with Crippen molar-refractivity contribution in [2.45, 2.75) is 6.92 Å². The predicted molar refractivity (Wildman–Crippen MR) is 77.3 cm³/mol. The van der Waals surface area contributed by atoms with Gasteiger partial charge in [0.1, 0.15) is 6.07 Å². The van der Waals surface area contributed by atoms with Gasteiger partial charge in [-0.15, -0.1) is 0 Å². The Bertz CT molecular complexity index is 568. The molecule has 2 N–H and O–H groups in total. The summed E-state index contributed by atoms with van der Waals surface area (Å²) >= 11 is 3.24. The van der Waals surface area contributed by atoms with Gasteiger partial charge in [-0.2, -0.15) is 5.26 Å². The zero-order valence-electron chi connectivity index (χ0n) is 11.1. The SMILES string of the molecule is CC(CN(C)C(=O)Nc1ccc(Br)cc1C#N)C(=O)O. The molecule has 1 rings (SSSR count). The average Bonchev–Trinajstić information content (AvgIpc) is 2.40. The molecular formula is C13H14BrN3O3. The first-order chi connectivity index (χ1) is 9.35. The summed E-state index contributed by atoms with van der Waals surface area (Å²) in [7, 11) is 1.50. The largest absolute Gasteiger partial charge is 0.481 e. The van der Waals surface area contributed by atoms with Crippen molar-refractivity contribution in [2.75, 3.05) is 18.9 Å². The highest BCUT2D eigenvalue weighted by Crippen LogP contribution is 2.20. The summed E-state index contributed by atoms with van der Waals surface area (Å²) in [5, 5.41) is 20.4. The molecule has 0 saturated carbocycles. The molecule has 0 radical (unpaired) electrons. The monoisotopic (exact) mass is 339 g/mol. The maximum Gasteiger partial charge on any atom is 0.321 e. The van der Waals surface area contributed by atoms with Crippen LogP contribution in [0.3, 0.4) is 0 Å². The second-order valence-corrected chi connectivity index (χ2v) is 5.27. The lowest BCUT2D eigenvalue weighted by molar-refractivity contribution is -0.141. The zero-order chi connectivity index (χ0) is 15.3. The number of urea groups is 1. The number of nitrogens with zero attached hydrogens (tertiary/aromatic N) is 2. The molecule has 2 amide bonds. The summed E-state index contributed by atoms with van der Waals surface area (Å²) in [6.07, 6.45) is 0. The highest BCUT2D eigenvalue weighted by atomic mass is 79.9. The number of aliphatic carboxylic acids is 1. The fourth-order valence-corrected chi connectivity index (χ4v) is 1.86. The molecule has 0 spiro atoms. The number of nitriles is 1. The highest BCUT2D eigenvalue weighted by molar-refractivity contribution is 9.10. The molecule has 0 aliphatic carbocycles. The topological polar surface area (TPSA) is 93.4 Å². The number of hydrogen-bond acceptors (Lipinski definition) is 3. The van der Waals surface area contributed by atoms with E-state index in [1.807, 2.05) is 6.07 Å². The predicted octanol–water partition coefficient (Wildman–Crippen LogP) is 2.51. The second kappa shape index (κ2) is 6.91. The zero-order valence-corrected chi connectivity index (χ0v) is 12.6. The number of hydrogen-bond donors (Lipinski definition) is 2. The number of carbonyl (C=O) groups is 2. The van der Waals surface area contributed by atoms with Gasteiger partial charge in [0, 0.05) is 18.1 Å². The molecule has 1 unspecified atom stereocenters. The van der Waals surface area contributed by atoms with Gasteiger partial charge in [0.25, 0.3) is 0 Å². The Labute approximate surface area is 125 Å². The van der Waals surface area contributed by atoms with E-state index in [1.54, 1.807) is 18.2 Å². The van der Waals surface area contributed by atoms with Crippen LogP contribution in [0.1, 0.15) is 12.5 Å². The third-order valence-electron chi connectivity index (χ3n) is 2.66. The molecule has 0 aromatic heterocycles. The molecule has 0 aliphatic rings. The van der Waals surface area contributed by atoms with Gasteiger partial charge in [-0.1, -0.05) is 22.9 Å². The van der Waals surface area contributed by atoms with Gasteiger partial charge in [0.15, 0.2) is 0 Å². The molecule has 106 valence electrons. The van der Waals surface area contributed by atoms with E-state index in [0.29, 0.717) is 11.3 Å². The summed E-state index contributed by atoms with van der Waals surface area (Å²) in [6.45, 7) is 1.60. The first-order valence-electron chi connectivity index (χ1n) is 5.79. The normalized spacial score (nSPS) is 11.3. The molecule has 0 heterocycles. The number of anilines is 1. The van der Waals surface area contributed by atoms with Crippen LogP contribution >= 0.6 is 15.9 Å². The molecule has 0 aliphatic heterocycles. The number of carboxylic acids is 1. The Hall–Kier alpha value is -2.07. The van der Waals surface area contributed by atoms with Crippen molar-refractivity contribution in [1.82, 2.24) is 4.90 Å². The fraction of sp³-hybridized carbons (Fsp3) is 0.308. The third-order valence-corrected chi connectivity index (χ3v) is 3.15. The lowest BCUT2D eigenvalue weighted by Gasteiger charge is -2.20. The van der Waals surface area contributed by atoms with Gasteiger partial charge in [-0.25, -0.2) is 4.79 Å². The second-order valence-electron chi connectivity index (χ2n) is 4.35. The minimum Gasteiger partial charge on any atom is -0.481 e. The third kappa shape index (κ3) is 4.24. The van der Waals surface area contributed by atoms with Crippen LogP contribution in [0.2, 0.25) is 0 Å². The van der Waals surface area contributed by atoms with Gasteiger partial charge in [0.2, 0.25) is 0 Å². The summed E-state index contributed by atoms with van der Waals surface area (Å²) in [5.41, 5.74) is 0.711. The van der Waals surface area contributed by atoms with Crippen molar-refractivity contribution in [3.63, 3.8) is 0 Å². The molecule has 7 heteroatoms. The lowest BCUT2D eigenvalue weighted by atomic mass is 10.2. The van der Waals surface area contributed by atoms with Gasteiger partial charge in [0.05, 0.1) is 17.2 Å². The standard InChI is InChI=1S/C13H14BrN3O3/c1-8(12(18)19)7-17(2)13(20)16-11-4-3-10(14)5-9(11)6-15/h3-5,8H,7H2,1-2H3,(H,16,20)(H,18,19). The van der Waals surface area contributed by atoms with Crippen LogP contribution in [0.4, 0.5) is 10.5 Å². The van der Waals surface area contributed by atoms with E-state index in [1.165, 1.54) is 18.9 Å². The van der Waals surface area contributed by atoms with Crippen molar-refractivity contribution in [1.29, 1.82) is 5.26 Å². The molecule has 0 saturated heterocycles. The Kier molecular flexibility index (Phi) is 5.53. The van der Waals surface area contributed by atoms with Crippen molar-refractivity contribution >= 4 is 33.6 Å². The van der Waals surface area contributed by atoms with Crippen LogP contribution in [0, 0.1) is 17.2 Å². The van der Waals surface area contributed by atoms with Crippen molar-refractivity contribution in [3.8, 4) is 6.07 Å². The van der Waals surface area contributed by atoms with Gasteiger partial charge in [-0.3, -0.25) is 4.79 Å². The minimum atomic E-state index is -0.967. The van der Waals surface area contributed by atoms with Gasteiger partial charge < -0.3 is 15.3 Å². The molecule has 1 atom stereocenters.